The fraction of sp³-hybridized carbons (Fsp3) is 0.173. The van der Waals surface area contributed by atoms with Crippen molar-refractivity contribution < 1.29 is 4.42 Å². The molecule has 3 atom stereocenters. The van der Waals surface area contributed by atoms with Gasteiger partial charge in [0.05, 0.1) is 11.2 Å². The Balaban J connectivity index is 0.947. The third-order valence-electron chi connectivity index (χ3n) is 12.3. The van der Waals surface area contributed by atoms with Crippen LogP contribution in [-0.2, 0) is 12.8 Å². The molecule has 5 aliphatic rings. The number of aromatic nitrogens is 1. The topological polar surface area (TPSA) is 42.5 Å². The number of hydrogen-bond donors (Lipinski definition) is 1. The summed E-state index contributed by atoms with van der Waals surface area (Å²) in [5.74, 6) is 1.55. The summed E-state index contributed by atoms with van der Waals surface area (Å²) < 4.78 is 9.02. The van der Waals surface area contributed by atoms with Gasteiger partial charge in [0.2, 0.25) is 0 Å². The summed E-state index contributed by atoms with van der Waals surface area (Å²) >= 11 is 0. The second-order valence-electron chi connectivity index (χ2n) is 15.6. The second kappa shape index (κ2) is 13.7. The Morgan fingerprint density at radius 1 is 0.679 bits per heavy atom. The lowest BCUT2D eigenvalue weighted by molar-refractivity contribution is 0.588. The average Bonchev–Trinajstić information content (AvgIpc) is 3.83. The van der Waals surface area contributed by atoms with Gasteiger partial charge < -0.3 is 14.3 Å². The first kappa shape index (κ1) is 33.0. The van der Waals surface area contributed by atoms with E-state index in [2.05, 4.69) is 174 Å². The number of aliphatic imine (C=N–C) groups is 1. The maximum absolute atomic E-state index is 6.49. The van der Waals surface area contributed by atoms with Crippen molar-refractivity contribution in [1.29, 1.82) is 0 Å². The summed E-state index contributed by atoms with van der Waals surface area (Å²) in [7, 11) is 0. The van der Waals surface area contributed by atoms with Gasteiger partial charge in [-0.25, -0.2) is 0 Å². The highest BCUT2D eigenvalue weighted by Crippen LogP contribution is 2.43. The first-order chi connectivity index (χ1) is 27.8. The molecule has 6 aromatic rings. The second-order valence-corrected chi connectivity index (χ2v) is 15.6. The molecule has 1 N–H and O–H groups in total. The first-order valence-corrected chi connectivity index (χ1v) is 20.2. The number of hydrogen-bond acceptors (Lipinski definition) is 3. The quantitative estimate of drug-likeness (QED) is 0.186. The molecule has 0 amide bonds. The summed E-state index contributed by atoms with van der Waals surface area (Å²) in [6, 6.07) is 34.8. The fourth-order valence-corrected chi connectivity index (χ4v) is 9.57. The Labute approximate surface area is 328 Å². The van der Waals surface area contributed by atoms with E-state index >= 15 is 0 Å². The molecule has 3 unspecified atom stereocenters. The molecule has 4 aliphatic carbocycles. The SMILES string of the molecule is C1=Cc2oc3c(C4C=CC(n5c6c(c7c(C8C=C(C9N=C(c%10ccccc%10)C=C(c%10ccccc%10)N9)C=CC8)cccc75)CCC=C6)=CC4)cccc3c2CC1. The van der Waals surface area contributed by atoms with E-state index < -0.39 is 0 Å². The van der Waals surface area contributed by atoms with Gasteiger partial charge in [0.25, 0.3) is 0 Å². The summed E-state index contributed by atoms with van der Waals surface area (Å²) in [5, 5.41) is 6.49. The molecule has 3 heterocycles. The molecule has 4 heteroatoms. The van der Waals surface area contributed by atoms with Gasteiger partial charge in [-0.2, -0.15) is 0 Å². The van der Waals surface area contributed by atoms with E-state index in [9.17, 15) is 0 Å². The zero-order valence-corrected chi connectivity index (χ0v) is 31.4. The Kier molecular flexibility index (Phi) is 8.08. The molecule has 0 fully saturated rings. The maximum Gasteiger partial charge on any atom is 0.145 e. The molecule has 11 rings (SSSR count). The minimum absolute atomic E-state index is 0.190. The van der Waals surface area contributed by atoms with Gasteiger partial charge in [-0.05, 0) is 96.7 Å². The number of furan rings is 1. The summed E-state index contributed by atoms with van der Waals surface area (Å²) in [6.07, 6.45) is 31.5. The van der Waals surface area contributed by atoms with E-state index in [0.717, 1.165) is 72.4 Å². The van der Waals surface area contributed by atoms with Gasteiger partial charge in [0, 0.05) is 50.8 Å². The van der Waals surface area contributed by atoms with Crippen molar-refractivity contribution in [2.45, 2.75) is 56.5 Å². The zero-order chi connectivity index (χ0) is 37.0. The Hall–Kier alpha value is -6.39. The van der Waals surface area contributed by atoms with Gasteiger partial charge in [-0.3, -0.25) is 4.99 Å². The standard InChI is InChI=1S/C52H43N3O/c1-3-14-35(15-4-1)45-33-46(36-16-5-2-6-17-36)54-52(53-45)38-19-11-18-37(32-38)40-22-13-26-48-50(40)44-21-7-9-25-47(44)55(48)39-30-28-34(29-31-39)41-23-12-24-43-42-20-8-10-27-49(42)56-51(41)43/h1-6,9-17,19,22-28,30-34,37,52-53H,7-8,18,20-21,29H2. The van der Waals surface area contributed by atoms with Crippen LogP contribution in [0.5, 0.6) is 0 Å². The van der Waals surface area contributed by atoms with E-state index in [1.54, 1.807) is 0 Å². The number of nitrogens with one attached hydrogen (secondary N) is 1. The average molecular weight is 726 g/mol. The van der Waals surface area contributed by atoms with Crippen LogP contribution in [0.25, 0.3) is 45.4 Å². The van der Waals surface area contributed by atoms with Crippen LogP contribution in [0.15, 0.2) is 167 Å². The molecule has 4 aromatic carbocycles. The molecular weight excluding hydrogens is 683 g/mol. The van der Waals surface area contributed by atoms with Gasteiger partial charge in [0.1, 0.15) is 17.5 Å². The molecule has 0 radical (unpaired) electrons. The third kappa shape index (κ3) is 5.62. The molecule has 4 nitrogen and oxygen atoms in total. The monoisotopic (exact) mass is 725 g/mol. The zero-order valence-electron chi connectivity index (χ0n) is 31.4. The molecule has 272 valence electrons. The molecule has 2 aromatic heterocycles. The van der Waals surface area contributed by atoms with Gasteiger partial charge in [-0.1, -0.05) is 134 Å². The Morgan fingerprint density at radius 3 is 2.30 bits per heavy atom. The van der Waals surface area contributed by atoms with Crippen LogP contribution in [0.2, 0.25) is 0 Å². The summed E-state index contributed by atoms with van der Waals surface area (Å²) in [6.45, 7) is 0. The van der Waals surface area contributed by atoms with Crippen LogP contribution in [-0.4, -0.2) is 16.4 Å². The molecule has 0 saturated heterocycles. The number of benzene rings is 4. The number of para-hydroxylation sites is 1. The molecule has 0 bridgehead atoms. The van der Waals surface area contributed by atoms with Gasteiger partial charge >= 0.3 is 0 Å². The van der Waals surface area contributed by atoms with Gasteiger partial charge in [-0.15, -0.1) is 0 Å². The Bertz CT molecular complexity index is 2780. The summed E-state index contributed by atoms with van der Waals surface area (Å²) in [5.41, 5.74) is 16.0. The van der Waals surface area contributed by atoms with E-state index in [-0.39, 0.29) is 18.0 Å². The number of fused-ring (bicyclic) bond motifs is 6. The fourth-order valence-electron chi connectivity index (χ4n) is 9.57. The molecule has 1 aliphatic heterocycles. The van der Waals surface area contributed by atoms with Crippen molar-refractivity contribution in [3.63, 3.8) is 0 Å². The van der Waals surface area contributed by atoms with E-state index in [1.165, 1.54) is 55.5 Å². The predicted molar refractivity (Wildman–Crippen MR) is 233 cm³/mol. The van der Waals surface area contributed by atoms with Crippen molar-refractivity contribution in [3.05, 3.63) is 202 Å². The van der Waals surface area contributed by atoms with Crippen molar-refractivity contribution in [1.82, 2.24) is 9.88 Å². The molecule has 56 heavy (non-hydrogen) atoms. The van der Waals surface area contributed by atoms with E-state index in [1.807, 2.05) is 0 Å². The largest absolute Gasteiger partial charge is 0.456 e. The van der Waals surface area contributed by atoms with Crippen LogP contribution in [0.3, 0.4) is 0 Å². The highest BCUT2D eigenvalue weighted by molar-refractivity contribution is 6.13. The highest BCUT2D eigenvalue weighted by atomic mass is 16.3. The van der Waals surface area contributed by atoms with Gasteiger partial charge in [0.15, 0.2) is 0 Å². The van der Waals surface area contributed by atoms with Crippen LogP contribution in [0.4, 0.5) is 0 Å². The number of aryl methyl sites for hydroxylation is 2. The van der Waals surface area contributed by atoms with Crippen LogP contribution in [0, 0.1) is 0 Å². The molecule has 0 spiro atoms. The smallest absolute Gasteiger partial charge is 0.145 e. The van der Waals surface area contributed by atoms with E-state index in [0.29, 0.717) is 0 Å². The van der Waals surface area contributed by atoms with Crippen LogP contribution in [0.1, 0.15) is 82.4 Å². The van der Waals surface area contributed by atoms with Crippen molar-refractivity contribution in [2.24, 2.45) is 4.99 Å². The number of rotatable bonds is 6. The van der Waals surface area contributed by atoms with Crippen molar-refractivity contribution >= 4 is 51.1 Å². The predicted octanol–water partition coefficient (Wildman–Crippen LogP) is 12.3. The normalized spacial score (nSPS) is 21.2. The maximum atomic E-state index is 6.49. The van der Waals surface area contributed by atoms with Crippen molar-refractivity contribution in [3.8, 4) is 0 Å². The van der Waals surface area contributed by atoms with Crippen molar-refractivity contribution in [2.75, 3.05) is 0 Å². The first-order valence-electron chi connectivity index (χ1n) is 20.2. The minimum atomic E-state index is -0.190. The molecular formula is C52H43N3O. The van der Waals surface area contributed by atoms with Crippen LogP contribution >= 0.6 is 0 Å². The summed E-state index contributed by atoms with van der Waals surface area (Å²) in [4.78, 5) is 5.31. The van der Waals surface area contributed by atoms with Crippen LogP contribution < -0.4 is 5.32 Å². The minimum Gasteiger partial charge on any atom is -0.456 e. The third-order valence-corrected chi connectivity index (χ3v) is 12.3. The van der Waals surface area contributed by atoms with E-state index in [4.69, 9.17) is 9.41 Å². The Morgan fingerprint density at radius 2 is 1.46 bits per heavy atom. The lowest BCUT2D eigenvalue weighted by atomic mass is 9.85. The molecule has 0 saturated carbocycles. The number of allylic oxidation sites excluding steroid dienone is 9. The number of nitrogens with zero attached hydrogens (tertiary/aromatic N) is 2. The highest BCUT2D eigenvalue weighted by Gasteiger charge is 2.28. The lowest BCUT2D eigenvalue weighted by Crippen LogP contribution is -2.33. The lowest BCUT2D eigenvalue weighted by Gasteiger charge is -2.28.